The van der Waals surface area contributed by atoms with Crippen LogP contribution >= 0.6 is 11.6 Å². The summed E-state index contributed by atoms with van der Waals surface area (Å²) < 4.78 is 5.26. The summed E-state index contributed by atoms with van der Waals surface area (Å²) in [6, 6.07) is 15.4. The molecule has 0 aliphatic carbocycles. The lowest BCUT2D eigenvalue weighted by molar-refractivity contribution is 0.0636. The maximum absolute atomic E-state index is 10.2. The van der Waals surface area contributed by atoms with Crippen molar-refractivity contribution in [2.75, 3.05) is 7.11 Å². The Morgan fingerprint density at radius 2 is 1.73 bits per heavy atom. The maximum atomic E-state index is 10.2. The average molecular weight is 371 g/mol. The number of nitrogens with zero attached hydrogens (tertiary/aromatic N) is 2. The molecule has 3 rings (SSSR count). The second kappa shape index (κ2) is 7.22. The second-order valence-electron chi connectivity index (χ2n) is 7.20. The molecule has 0 fully saturated rings. The number of ether oxygens (including phenoxy) is 1. The zero-order valence-corrected chi connectivity index (χ0v) is 16.0. The molecule has 136 valence electrons. The van der Waals surface area contributed by atoms with Gasteiger partial charge in [0.1, 0.15) is 11.3 Å². The standard InChI is InChI=1S/C21H23ClN2O2/c1-20(2,25)12-13-21(16-6-10-18(26-3)11-7-16)14-19(23-24-21)15-4-8-17(22)9-5-15/h4-11,14,25H,12-13H2,1-3H3. The van der Waals surface area contributed by atoms with E-state index in [0.717, 1.165) is 22.6 Å². The Balaban J connectivity index is 1.98. The Labute approximate surface area is 159 Å². The first kappa shape index (κ1) is 18.6. The summed E-state index contributed by atoms with van der Waals surface area (Å²) in [5.74, 6) is 0.795. The van der Waals surface area contributed by atoms with Gasteiger partial charge in [-0.15, -0.1) is 0 Å². The Bertz CT molecular complexity index is 821. The first-order valence-electron chi connectivity index (χ1n) is 8.60. The SMILES string of the molecule is COc1ccc(C2(CCC(C)(C)O)C=C(c3ccc(Cl)cc3)N=N2)cc1. The second-order valence-corrected chi connectivity index (χ2v) is 7.64. The topological polar surface area (TPSA) is 54.2 Å². The fourth-order valence-electron chi connectivity index (χ4n) is 2.97. The van der Waals surface area contributed by atoms with Crippen molar-refractivity contribution in [1.29, 1.82) is 0 Å². The van der Waals surface area contributed by atoms with E-state index in [4.69, 9.17) is 16.3 Å². The minimum atomic E-state index is -0.772. The van der Waals surface area contributed by atoms with Crippen LogP contribution in [0, 0.1) is 0 Å². The molecule has 26 heavy (non-hydrogen) atoms. The van der Waals surface area contributed by atoms with Gasteiger partial charge in [0, 0.05) is 10.6 Å². The molecule has 1 atom stereocenters. The molecule has 1 unspecified atom stereocenters. The van der Waals surface area contributed by atoms with E-state index in [-0.39, 0.29) is 0 Å². The molecular formula is C21H23ClN2O2. The molecule has 2 aromatic carbocycles. The van der Waals surface area contributed by atoms with Gasteiger partial charge in [0.15, 0.2) is 0 Å². The molecular weight excluding hydrogens is 348 g/mol. The predicted molar refractivity (Wildman–Crippen MR) is 104 cm³/mol. The van der Waals surface area contributed by atoms with Crippen LogP contribution in [0.4, 0.5) is 0 Å². The van der Waals surface area contributed by atoms with Gasteiger partial charge < -0.3 is 9.84 Å². The summed E-state index contributed by atoms with van der Waals surface area (Å²) in [5.41, 5.74) is 1.44. The summed E-state index contributed by atoms with van der Waals surface area (Å²) in [4.78, 5) is 0. The van der Waals surface area contributed by atoms with Crippen LogP contribution in [0.3, 0.4) is 0 Å². The lowest BCUT2D eigenvalue weighted by atomic mass is 9.82. The third-order valence-electron chi connectivity index (χ3n) is 4.56. The number of rotatable bonds is 6. The number of methoxy groups -OCH3 is 1. The van der Waals surface area contributed by atoms with Gasteiger partial charge in [-0.2, -0.15) is 10.2 Å². The van der Waals surface area contributed by atoms with E-state index in [1.807, 2.05) is 62.4 Å². The van der Waals surface area contributed by atoms with Gasteiger partial charge in [0.2, 0.25) is 0 Å². The van der Waals surface area contributed by atoms with Crippen LogP contribution < -0.4 is 4.74 Å². The van der Waals surface area contributed by atoms with Crippen molar-refractivity contribution in [3.8, 4) is 5.75 Å². The molecule has 2 aromatic rings. The molecule has 0 amide bonds. The number of azo groups is 1. The van der Waals surface area contributed by atoms with Gasteiger partial charge in [0.05, 0.1) is 18.4 Å². The van der Waals surface area contributed by atoms with Crippen molar-refractivity contribution in [3.63, 3.8) is 0 Å². The minimum absolute atomic E-state index is 0.596. The molecule has 0 saturated heterocycles. The average Bonchev–Trinajstić information content (AvgIpc) is 3.06. The summed E-state index contributed by atoms with van der Waals surface area (Å²) >= 11 is 5.99. The number of benzene rings is 2. The highest BCUT2D eigenvalue weighted by Gasteiger charge is 2.36. The van der Waals surface area contributed by atoms with Crippen molar-refractivity contribution in [1.82, 2.24) is 0 Å². The van der Waals surface area contributed by atoms with Crippen LogP contribution in [0.25, 0.3) is 5.70 Å². The predicted octanol–water partition coefficient (Wildman–Crippen LogP) is 5.60. The molecule has 5 heteroatoms. The van der Waals surface area contributed by atoms with E-state index >= 15 is 0 Å². The van der Waals surface area contributed by atoms with Crippen LogP contribution in [-0.2, 0) is 5.54 Å². The van der Waals surface area contributed by atoms with Gasteiger partial charge in [-0.05, 0) is 62.6 Å². The zero-order chi connectivity index (χ0) is 18.8. The van der Waals surface area contributed by atoms with E-state index in [9.17, 15) is 5.11 Å². The van der Waals surface area contributed by atoms with Gasteiger partial charge in [0.25, 0.3) is 0 Å². The summed E-state index contributed by atoms with van der Waals surface area (Å²) in [6.07, 6.45) is 3.33. The Morgan fingerprint density at radius 3 is 2.31 bits per heavy atom. The zero-order valence-electron chi connectivity index (χ0n) is 15.2. The van der Waals surface area contributed by atoms with E-state index in [1.54, 1.807) is 7.11 Å². The van der Waals surface area contributed by atoms with Gasteiger partial charge >= 0.3 is 0 Å². The van der Waals surface area contributed by atoms with E-state index in [1.165, 1.54) is 0 Å². The Morgan fingerprint density at radius 1 is 1.08 bits per heavy atom. The fourth-order valence-corrected chi connectivity index (χ4v) is 3.10. The van der Waals surface area contributed by atoms with Crippen LogP contribution in [0.5, 0.6) is 5.75 Å². The lowest BCUT2D eigenvalue weighted by Gasteiger charge is -2.27. The van der Waals surface area contributed by atoms with Gasteiger partial charge in [-0.1, -0.05) is 35.9 Å². The first-order valence-corrected chi connectivity index (χ1v) is 8.98. The molecule has 0 spiro atoms. The maximum Gasteiger partial charge on any atom is 0.127 e. The summed E-state index contributed by atoms with van der Waals surface area (Å²) in [7, 11) is 1.65. The van der Waals surface area contributed by atoms with Crippen molar-refractivity contribution < 1.29 is 9.84 Å². The molecule has 0 aromatic heterocycles. The molecule has 1 aliphatic rings. The highest BCUT2D eigenvalue weighted by Crippen LogP contribution is 2.42. The highest BCUT2D eigenvalue weighted by molar-refractivity contribution is 6.30. The van der Waals surface area contributed by atoms with Crippen LogP contribution in [0.1, 0.15) is 37.8 Å². The van der Waals surface area contributed by atoms with Gasteiger partial charge in [-0.25, -0.2) is 0 Å². The quantitative estimate of drug-likeness (QED) is 0.719. The molecule has 0 saturated carbocycles. The molecule has 1 aliphatic heterocycles. The largest absolute Gasteiger partial charge is 0.497 e. The first-order chi connectivity index (χ1) is 12.3. The lowest BCUT2D eigenvalue weighted by Crippen LogP contribution is -2.26. The number of aliphatic hydroxyl groups is 1. The summed E-state index contributed by atoms with van der Waals surface area (Å²) in [5, 5.41) is 20.0. The smallest absolute Gasteiger partial charge is 0.127 e. The number of hydrogen-bond donors (Lipinski definition) is 1. The third kappa shape index (κ3) is 4.14. The van der Waals surface area contributed by atoms with Crippen molar-refractivity contribution >= 4 is 17.3 Å². The van der Waals surface area contributed by atoms with Crippen molar-refractivity contribution in [2.45, 2.75) is 37.8 Å². The van der Waals surface area contributed by atoms with Crippen molar-refractivity contribution in [3.05, 3.63) is 70.8 Å². The van der Waals surface area contributed by atoms with Crippen molar-refractivity contribution in [2.24, 2.45) is 10.2 Å². The number of halogens is 1. The molecule has 1 N–H and O–H groups in total. The Kier molecular flexibility index (Phi) is 5.17. The summed E-state index contributed by atoms with van der Waals surface area (Å²) in [6.45, 7) is 3.62. The highest BCUT2D eigenvalue weighted by atomic mass is 35.5. The monoisotopic (exact) mass is 370 g/mol. The van der Waals surface area contributed by atoms with E-state index in [0.29, 0.717) is 17.9 Å². The minimum Gasteiger partial charge on any atom is -0.497 e. The van der Waals surface area contributed by atoms with Crippen LogP contribution in [0.2, 0.25) is 5.02 Å². The van der Waals surface area contributed by atoms with Crippen LogP contribution in [-0.4, -0.2) is 17.8 Å². The molecule has 1 heterocycles. The fraction of sp³-hybridized carbons (Fsp3) is 0.333. The molecule has 0 bridgehead atoms. The Hall–Kier alpha value is -2.17. The normalized spacial score (nSPS) is 19.5. The molecule has 0 radical (unpaired) electrons. The van der Waals surface area contributed by atoms with Gasteiger partial charge in [-0.3, -0.25) is 0 Å². The third-order valence-corrected chi connectivity index (χ3v) is 4.81. The molecule has 4 nitrogen and oxygen atoms in total. The number of hydrogen-bond acceptors (Lipinski definition) is 4. The van der Waals surface area contributed by atoms with E-state index < -0.39 is 11.1 Å². The van der Waals surface area contributed by atoms with E-state index in [2.05, 4.69) is 16.3 Å². The van der Waals surface area contributed by atoms with Crippen LogP contribution in [0.15, 0.2) is 64.8 Å².